The van der Waals surface area contributed by atoms with E-state index in [1.54, 1.807) is 37.3 Å². The van der Waals surface area contributed by atoms with Gasteiger partial charge in [0, 0.05) is 12.6 Å². The lowest BCUT2D eigenvalue weighted by molar-refractivity contribution is -0.141. The van der Waals surface area contributed by atoms with E-state index in [1.807, 2.05) is 6.92 Å². The molecule has 0 aromatic heterocycles. The van der Waals surface area contributed by atoms with Crippen molar-refractivity contribution in [3.8, 4) is 0 Å². The monoisotopic (exact) mass is 289 g/mol. The Morgan fingerprint density at radius 1 is 1.20 bits per heavy atom. The molecule has 0 bridgehead atoms. The zero-order valence-electron chi connectivity index (χ0n) is 11.9. The van der Waals surface area contributed by atoms with Gasteiger partial charge in [0.1, 0.15) is 0 Å². The Kier molecular flexibility index (Phi) is 6.02. The molecule has 114 valence electrons. The maximum Gasteiger partial charge on any atom is 0.390 e. The highest BCUT2D eigenvalue weighted by atomic mass is 19.4. The maximum absolute atomic E-state index is 12.7. The van der Waals surface area contributed by atoms with Crippen LogP contribution in [0, 0.1) is 0 Å². The van der Waals surface area contributed by atoms with E-state index < -0.39 is 24.2 Å². The molecule has 2 atom stereocenters. The van der Waals surface area contributed by atoms with Gasteiger partial charge in [-0.3, -0.25) is 0 Å². The highest BCUT2D eigenvalue weighted by molar-refractivity contribution is 5.19. The van der Waals surface area contributed by atoms with Crippen molar-refractivity contribution in [3.05, 3.63) is 35.9 Å². The second kappa shape index (κ2) is 7.09. The molecule has 0 fully saturated rings. The van der Waals surface area contributed by atoms with Crippen LogP contribution in [0.5, 0.6) is 0 Å². The molecule has 2 unspecified atom stereocenters. The molecule has 5 heteroatoms. The van der Waals surface area contributed by atoms with Crippen molar-refractivity contribution >= 4 is 0 Å². The molecule has 0 aliphatic heterocycles. The molecule has 0 spiro atoms. The minimum Gasteiger partial charge on any atom is -0.389 e. The molecule has 0 aliphatic carbocycles. The highest BCUT2D eigenvalue weighted by Gasteiger charge is 2.33. The third-order valence-corrected chi connectivity index (χ3v) is 3.16. The minimum atomic E-state index is -4.25. The van der Waals surface area contributed by atoms with Gasteiger partial charge in [-0.15, -0.1) is 0 Å². The summed E-state index contributed by atoms with van der Waals surface area (Å²) in [6, 6.07) is 7.69. The smallest absolute Gasteiger partial charge is 0.389 e. The van der Waals surface area contributed by atoms with Gasteiger partial charge in [-0.1, -0.05) is 43.7 Å². The predicted molar refractivity (Wildman–Crippen MR) is 73.4 cm³/mol. The summed E-state index contributed by atoms with van der Waals surface area (Å²) >= 11 is 0. The molecule has 0 saturated carbocycles. The Labute approximate surface area is 118 Å². The van der Waals surface area contributed by atoms with Gasteiger partial charge in [-0.25, -0.2) is 0 Å². The number of halogens is 3. The van der Waals surface area contributed by atoms with Crippen molar-refractivity contribution in [3.63, 3.8) is 0 Å². The van der Waals surface area contributed by atoms with Crippen molar-refractivity contribution < 1.29 is 18.3 Å². The van der Waals surface area contributed by atoms with Gasteiger partial charge in [0.05, 0.1) is 12.0 Å². The third-order valence-electron chi connectivity index (χ3n) is 3.16. The molecule has 1 rings (SSSR count). The van der Waals surface area contributed by atoms with E-state index in [1.165, 1.54) is 0 Å². The number of rotatable bonds is 7. The fraction of sp³-hybridized carbons (Fsp3) is 0.600. The van der Waals surface area contributed by atoms with E-state index in [9.17, 15) is 18.3 Å². The second-order valence-corrected chi connectivity index (χ2v) is 5.41. The summed E-state index contributed by atoms with van der Waals surface area (Å²) in [6.07, 6.45) is -3.86. The van der Waals surface area contributed by atoms with E-state index in [-0.39, 0.29) is 6.54 Å². The van der Waals surface area contributed by atoms with Crippen LogP contribution in [0.2, 0.25) is 0 Å². The molecular formula is C15H22F3NO. The van der Waals surface area contributed by atoms with Crippen LogP contribution in [0.15, 0.2) is 30.3 Å². The van der Waals surface area contributed by atoms with Crippen molar-refractivity contribution in [2.45, 2.75) is 50.9 Å². The molecule has 0 heterocycles. The molecule has 2 N–H and O–H groups in total. The Morgan fingerprint density at radius 2 is 1.80 bits per heavy atom. The topological polar surface area (TPSA) is 32.3 Å². The molecule has 1 aromatic rings. The summed E-state index contributed by atoms with van der Waals surface area (Å²) in [7, 11) is 0. The van der Waals surface area contributed by atoms with Gasteiger partial charge in [0.15, 0.2) is 0 Å². The van der Waals surface area contributed by atoms with E-state index in [0.29, 0.717) is 12.0 Å². The van der Waals surface area contributed by atoms with E-state index >= 15 is 0 Å². The standard InChI is InChI=1S/C15H22F3NO/c1-3-9-14(2,20)11-19-13(10-15(16,17)18)12-7-5-4-6-8-12/h4-8,13,19-20H,3,9-11H2,1-2H3. The Bertz CT molecular complexity index is 390. The first-order chi connectivity index (χ1) is 9.23. The lowest BCUT2D eigenvalue weighted by Crippen LogP contribution is -2.40. The van der Waals surface area contributed by atoms with Gasteiger partial charge in [0.2, 0.25) is 0 Å². The first-order valence-corrected chi connectivity index (χ1v) is 6.81. The van der Waals surface area contributed by atoms with Gasteiger partial charge >= 0.3 is 6.18 Å². The summed E-state index contributed by atoms with van der Waals surface area (Å²) in [5, 5.41) is 12.9. The lowest BCUT2D eigenvalue weighted by atomic mass is 9.98. The van der Waals surface area contributed by atoms with Crippen LogP contribution in [0.1, 0.15) is 44.7 Å². The number of benzene rings is 1. The summed E-state index contributed by atoms with van der Waals surface area (Å²) in [6.45, 7) is 3.70. The van der Waals surface area contributed by atoms with E-state index in [2.05, 4.69) is 5.32 Å². The molecule has 0 saturated heterocycles. The van der Waals surface area contributed by atoms with E-state index in [0.717, 1.165) is 6.42 Å². The van der Waals surface area contributed by atoms with E-state index in [4.69, 9.17) is 0 Å². The zero-order chi connectivity index (χ0) is 15.2. The van der Waals surface area contributed by atoms with Gasteiger partial charge < -0.3 is 10.4 Å². The number of alkyl halides is 3. The zero-order valence-corrected chi connectivity index (χ0v) is 11.9. The average Bonchev–Trinajstić information content (AvgIpc) is 2.34. The first kappa shape index (κ1) is 17.0. The SMILES string of the molecule is CCCC(C)(O)CNC(CC(F)(F)F)c1ccccc1. The van der Waals surface area contributed by atoms with Crippen LogP contribution in [0.3, 0.4) is 0 Å². The Hall–Kier alpha value is -1.07. The highest BCUT2D eigenvalue weighted by Crippen LogP contribution is 2.29. The van der Waals surface area contributed by atoms with Crippen molar-refractivity contribution in [1.82, 2.24) is 5.32 Å². The molecule has 1 aromatic carbocycles. The quantitative estimate of drug-likeness (QED) is 0.799. The van der Waals surface area contributed by atoms with Crippen LogP contribution in [-0.4, -0.2) is 23.4 Å². The van der Waals surface area contributed by atoms with Gasteiger partial charge in [0.25, 0.3) is 0 Å². The maximum atomic E-state index is 12.7. The van der Waals surface area contributed by atoms with Crippen LogP contribution in [-0.2, 0) is 0 Å². The Morgan fingerprint density at radius 3 is 2.30 bits per heavy atom. The third kappa shape index (κ3) is 6.39. The molecule has 0 amide bonds. The first-order valence-electron chi connectivity index (χ1n) is 6.81. The van der Waals surface area contributed by atoms with Crippen LogP contribution < -0.4 is 5.32 Å². The summed E-state index contributed by atoms with van der Waals surface area (Å²) < 4.78 is 38.0. The molecule has 0 radical (unpaired) electrons. The van der Waals surface area contributed by atoms with Gasteiger partial charge in [-0.05, 0) is 18.9 Å². The molecular weight excluding hydrogens is 267 g/mol. The molecule has 20 heavy (non-hydrogen) atoms. The summed E-state index contributed by atoms with van der Waals surface area (Å²) in [5.74, 6) is 0. The predicted octanol–water partition coefficient (Wildman–Crippen LogP) is 3.82. The van der Waals surface area contributed by atoms with Crippen LogP contribution in [0.25, 0.3) is 0 Å². The van der Waals surface area contributed by atoms with Crippen molar-refractivity contribution in [2.75, 3.05) is 6.54 Å². The second-order valence-electron chi connectivity index (χ2n) is 5.41. The number of nitrogens with one attached hydrogen (secondary N) is 1. The minimum absolute atomic E-state index is 0.135. The fourth-order valence-corrected chi connectivity index (χ4v) is 2.19. The Balaban J connectivity index is 2.74. The average molecular weight is 289 g/mol. The molecule has 2 nitrogen and oxygen atoms in total. The fourth-order valence-electron chi connectivity index (χ4n) is 2.19. The van der Waals surface area contributed by atoms with Crippen molar-refractivity contribution in [2.24, 2.45) is 0 Å². The van der Waals surface area contributed by atoms with Crippen LogP contribution >= 0.6 is 0 Å². The number of hydrogen-bond donors (Lipinski definition) is 2. The largest absolute Gasteiger partial charge is 0.390 e. The summed E-state index contributed by atoms with van der Waals surface area (Å²) in [4.78, 5) is 0. The molecule has 0 aliphatic rings. The summed E-state index contributed by atoms with van der Waals surface area (Å²) in [5.41, 5.74) is -0.412. The number of hydrogen-bond acceptors (Lipinski definition) is 2. The number of aliphatic hydroxyl groups is 1. The van der Waals surface area contributed by atoms with Gasteiger partial charge in [-0.2, -0.15) is 13.2 Å². The van der Waals surface area contributed by atoms with Crippen LogP contribution in [0.4, 0.5) is 13.2 Å². The normalized spacial score (nSPS) is 16.7. The lowest BCUT2D eigenvalue weighted by Gasteiger charge is -2.28. The van der Waals surface area contributed by atoms with Crippen molar-refractivity contribution in [1.29, 1.82) is 0 Å².